The molecule has 3 aromatic rings. The standard InChI is InChI=1S/C19H23N5O3/c25-11-14(26)12-27-19-16-17(24-8-6-20-7-9-24)15(10-21-18(16)22-23-19)13-4-2-1-3-5-13/h1-5,10,14,20,25-26H,6-9,11-12H2,(H,21,22,23)/t14-/m1/s1. The molecule has 1 fully saturated rings. The van der Waals surface area contributed by atoms with Gasteiger partial charge in [-0.25, -0.2) is 4.98 Å². The van der Waals surface area contributed by atoms with Crippen molar-refractivity contribution in [2.75, 3.05) is 44.3 Å². The molecule has 8 nitrogen and oxygen atoms in total. The number of aromatic nitrogens is 3. The summed E-state index contributed by atoms with van der Waals surface area (Å²) >= 11 is 0. The SMILES string of the molecule is OC[C@@H](O)COc1n[nH]c2ncc(-c3ccccc3)c(N3CCNCC3)c12. The minimum absolute atomic E-state index is 0.0347. The van der Waals surface area contributed by atoms with Crippen LogP contribution in [-0.4, -0.2) is 70.9 Å². The van der Waals surface area contributed by atoms with Crippen LogP contribution >= 0.6 is 0 Å². The Morgan fingerprint density at radius 2 is 1.96 bits per heavy atom. The van der Waals surface area contributed by atoms with E-state index in [0.29, 0.717) is 11.5 Å². The monoisotopic (exact) mass is 369 g/mol. The highest BCUT2D eigenvalue weighted by atomic mass is 16.5. The van der Waals surface area contributed by atoms with Gasteiger partial charge in [0.25, 0.3) is 0 Å². The third kappa shape index (κ3) is 3.59. The summed E-state index contributed by atoms with van der Waals surface area (Å²) in [6.07, 6.45) is 0.907. The highest BCUT2D eigenvalue weighted by Crippen LogP contribution is 2.40. The minimum atomic E-state index is -0.954. The fraction of sp³-hybridized carbons (Fsp3) is 0.368. The third-order valence-corrected chi connectivity index (χ3v) is 4.67. The number of ether oxygens (including phenoxy) is 1. The van der Waals surface area contributed by atoms with E-state index in [1.165, 1.54) is 0 Å². The highest BCUT2D eigenvalue weighted by Gasteiger charge is 2.23. The van der Waals surface area contributed by atoms with Gasteiger partial charge in [0.15, 0.2) is 5.65 Å². The molecule has 4 rings (SSSR count). The Kier molecular flexibility index (Phi) is 5.19. The fourth-order valence-corrected chi connectivity index (χ4v) is 3.33. The fourth-order valence-electron chi connectivity index (χ4n) is 3.33. The molecule has 0 bridgehead atoms. The van der Waals surface area contributed by atoms with Gasteiger partial charge >= 0.3 is 0 Å². The van der Waals surface area contributed by atoms with Gasteiger partial charge in [0, 0.05) is 37.9 Å². The molecule has 2 aromatic heterocycles. The number of benzene rings is 1. The second kappa shape index (κ2) is 7.91. The molecule has 0 aliphatic carbocycles. The molecule has 1 atom stereocenters. The maximum absolute atomic E-state index is 9.63. The molecule has 0 unspecified atom stereocenters. The summed E-state index contributed by atoms with van der Waals surface area (Å²) in [5.41, 5.74) is 3.74. The van der Waals surface area contributed by atoms with Gasteiger partial charge in [-0.15, -0.1) is 5.10 Å². The number of hydrogen-bond acceptors (Lipinski definition) is 7. The molecule has 1 aliphatic heterocycles. The lowest BCUT2D eigenvalue weighted by Gasteiger charge is -2.31. The van der Waals surface area contributed by atoms with Crippen molar-refractivity contribution in [3.8, 4) is 17.0 Å². The van der Waals surface area contributed by atoms with E-state index in [9.17, 15) is 5.11 Å². The molecule has 142 valence electrons. The van der Waals surface area contributed by atoms with Gasteiger partial charge in [0.2, 0.25) is 5.88 Å². The second-order valence-corrected chi connectivity index (χ2v) is 6.52. The lowest BCUT2D eigenvalue weighted by molar-refractivity contribution is 0.0526. The molecule has 0 saturated carbocycles. The van der Waals surface area contributed by atoms with Crippen molar-refractivity contribution in [3.63, 3.8) is 0 Å². The van der Waals surface area contributed by atoms with Crippen LogP contribution in [-0.2, 0) is 0 Å². The number of H-pyrrole nitrogens is 1. The summed E-state index contributed by atoms with van der Waals surface area (Å²) in [6, 6.07) is 10.1. The number of piperazine rings is 1. The smallest absolute Gasteiger partial charge is 0.244 e. The van der Waals surface area contributed by atoms with E-state index >= 15 is 0 Å². The number of fused-ring (bicyclic) bond motifs is 1. The predicted octanol–water partition coefficient (Wildman–Crippen LogP) is 0.766. The van der Waals surface area contributed by atoms with Gasteiger partial charge in [-0.1, -0.05) is 30.3 Å². The molecular weight excluding hydrogens is 346 g/mol. The van der Waals surface area contributed by atoms with Gasteiger partial charge in [-0.3, -0.25) is 5.10 Å². The zero-order valence-electron chi connectivity index (χ0n) is 14.9. The van der Waals surface area contributed by atoms with E-state index < -0.39 is 6.10 Å². The van der Waals surface area contributed by atoms with E-state index in [4.69, 9.17) is 9.84 Å². The molecule has 0 amide bonds. The van der Waals surface area contributed by atoms with Crippen LogP contribution in [0.2, 0.25) is 0 Å². The van der Waals surface area contributed by atoms with Crippen LogP contribution in [0.3, 0.4) is 0 Å². The van der Waals surface area contributed by atoms with E-state index in [2.05, 4.69) is 37.5 Å². The van der Waals surface area contributed by atoms with Crippen molar-refractivity contribution in [1.82, 2.24) is 20.5 Å². The number of aliphatic hydroxyl groups is 2. The number of aliphatic hydroxyl groups excluding tert-OH is 2. The van der Waals surface area contributed by atoms with Crippen LogP contribution < -0.4 is 15.0 Å². The van der Waals surface area contributed by atoms with Crippen molar-refractivity contribution in [3.05, 3.63) is 36.5 Å². The van der Waals surface area contributed by atoms with E-state index in [-0.39, 0.29) is 13.2 Å². The van der Waals surface area contributed by atoms with Crippen LogP contribution in [0.15, 0.2) is 36.5 Å². The Morgan fingerprint density at radius 1 is 1.19 bits per heavy atom. The number of anilines is 1. The van der Waals surface area contributed by atoms with Gasteiger partial charge in [0.1, 0.15) is 18.1 Å². The molecule has 1 saturated heterocycles. The highest BCUT2D eigenvalue weighted by molar-refractivity contribution is 6.01. The molecular formula is C19H23N5O3. The van der Waals surface area contributed by atoms with Crippen LogP contribution in [0.1, 0.15) is 0 Å². The Balaban J connectivity index is 1.84. The van der Waals surface area contributed by atoms with Crippen LogP contribution in [0.4, 0.5) is 5.69 Å². The molecule has 8 heteroatoms. The molecule has 0 spiro atoms. The molecule has 4 N–H and O–H groups in total. The average Bonchev–Trinajstić information content (AvgIpc) is 3.15. The molecule has 27 heavy (non-hydrogen) atoms. The quantitative estimate of drug-likeness (QED) is 0.508. The molecule has 1 aliphatic rings. The van der Waals surface area contributed by atoms with Gasteiger partial charge in [-0.2, -0.15) is 0 Å². The second-order valence-electron chi connectivity index (χ2n) is 6.52. The Bertz CT molecular complexity index is 893. The van der Waals surface area contributed by atoms with E-state index in [1.807, 2.05) is 24.4 Å². The minimum Gasteiger partial charge on any atom is -0.473 e. The first-order valence-electron chi connectivity index (χ1n) is 9.08. The summed E-state index contributed by atoms with van der Waals surface area (Å²) in [7, 11) is 0. The van der Waals surface area contributed by atoms with Crippen molar-refractivity contribution in [1.29, 1.82) is 0 Å². The number of nitrogens with zero attached hydrogens (tertiary/aromatic N) is 3. The van der Waals surface area contributed by atoms with Crippen LogP contribution in [0.25, 0.3) is 22.2 Å². The number of aromatic amines is 1. The van der Waals surface area contributed by atoms with E-state index in [1.54, 1.807) is 0 Å². The Morgan fingerprint density at radius 3 is 2.70 bits per heavy atom. The summed E-state index contributed by atoms with van der Waals surface area (Å²) in [5.74, 6) is 0.385. The zero-order chi connectivity index (χ0) is 18.6. The van der Waals surface area contributed by atoms with Crippen molar-refractivity contribution >= 4 is 16.7 Å². The van der Waals surface area contributed by atoms with Crippen LogP contribution in [0.5, 0.6) is 5.88 Å². The zero-order valence-corrected chi connectivity index (χ0v) is 14.9. The lowest BCUT2D eigenvalue weighted by atomic mass is 10.0. The first-order chi connectivity index (χ1) is 13.3. The Labute approximate surface area is 156 Å². The number of rotatable bonds is 6. The maximum atomic E-state index is 9.63. The lowest BCUT2D eigenvalue weighted by Crippen LogP contribution is -2.43. The van der Waals surface area contributed by atoms with Crippen molar-refractivity contribution in [2.45, 2.75) is 6.10 Å². The number of hydrogen-bond donors (Lipinski definition) is 4. The maximum Gasteiger partial charge on any atom is 0.244 e. The third-order valence-electron chi connectivity index (χ3n) is 4.67. The van der Waals surface area contributed by atoms with Crippen LogP contribution in [0, 0.1) is 0 Å². The first-order valence-corrected chi connectivity index (χ1v) is 9.08. The van der Waals surface area contributed by atoms with E-state index in [0.717, 1.165) is 48.4 Å². The average molecular weight is 369 g/mol. The van der Waals surface area contributed by atoms with Gasteiger partial charge in [-0.05, 0) is 5.56 Å². The van der Waals surface area contributed by atoms with Gasteiger partial charge in [0.05, 0.1) is 12.3 Å². The first kappa shape index (κ1) is 17.7. The number of nitrogens with one attached hydrogen (secondary N) is 2. The Hall–Kier alpha value is -2.68. The molecule has 0 radical (unpaired) electrons. The normalized spacial score (nSPS) is 15.9. The number of pyridine rings is 1. The summed E-state index contributed by atoms with van der Waals surface area (Å²) < 4.78 is 5.70. The van der Waals surface area contributed by atoms with Gasteiger partial charge < -0.3 is 25.2 Å². The summed E-state index contributed by atoms with van der Waals surface area (Å²) in [5, 5.41) is 30.0. The topological polar surface area (TPSA) is 107 Å². The largest absolute Gasteiger partial charge is 0.473 e. The molecule has 3 heterocycles. The summed E-state index contributed by atoms with van der Waals surface area (Å²) in [4.78, 5) is 6.84. The summed E-state index contributed by atoms with van der Waals surface area (Å²) in [6.45, 7) is 3.13. The molecule has 1 aromatic carbocycles. The predicted molar refractivity (Wildman–Crippen MR) is 103 cm³/mol. The van der Waals surface area contributed by atoms with Crippen molar-refractivity contribution in [2.24, 2.45) is 0 Å². The van der Waals surface area contributed by atoms with Crippen molar-refractivity contribution < 1.29 is 14.9 Å².